The van der Waals surface area contributed by atoms with Gasteiger partial charge in [-0.25, -0.2) is 0 Å². The number of hydrogen-bond donors (Lipinski definition) is 1. The van der Waals surface area contributed by atoms with Crippen LogP contribution in [0.4, 0.5) is 5.69 Å². The summed E-state index contributed by atoms with van der Waals surface area (Å²) in [7, 11) is 1.95. The van der Waals surface area contributed by atoms with Gasteiger partial charge >= 0.3 is 0 Å². The molecule has 0 aliphatic rings. The average molecular weight is 295 g/mol. The Morgan fingerprint density at radius 3 is 2.74 bits per heavy atom. The molecule has 0 fully saturated rings. The molecule has 4 heteroatoms. The lowest BCUT2D eigenvalue weighted by Crippen LogP contribution is -2.24. The fraction of sp³-hybridized carbons (Fsp3) is 0.333. The van der Waals surface area contributed by atoms with Crippen LogP contribution < -0.4 is 10.2 Å². The van der Waals surface area contributed by atoms with Gasteiger partial charge in [0.1, 0.15) is 0 Å². The number of hydrogen-bond acceptors (Lipinski definition) is 3. The lowest BCUT2D eigenvalue weighted by atomic mass is 10.1. The molecule has 0 saturated carbocycles. The van der Waals surface area contributed by atoms with Gasteiger partial charge in [-0.1, -0.05) is 23.7 Å². The first-order valence-electron chi connectivity index (χ1n) is 6.45. The topological polar surface area (TPSA) is 15.3 Å². The SMILES string of the molecule is CCN(Cc1cccs1)c1cccc(Cl)c1CNC. The maximum atomic E-state index is 6.33. The van der Waals surface area contributed by atoms with Gasteiger partial charge in [0, 0.05) is 34.2 Å². The van der Waals surface area contributed by atoms with E-state index in [2.05, 4.69) is 40.7 Å². The Morgan fingerprint density at radius 1 is 1.26 bits per heavy atom. The number of benzene rings is 1. The minimum absolute atomic E-state index is 0.788. The van der Waals surface area contributed by atoms with Crippen LogP contribution in [0.1, 0.15) is 17.4 Å². The Morgan fingerprint density at radius 2 is 2.11 bits per heavy atom. The van der Waals surface area contributed by atoms with E-state index in [0.29, 0.717) is 0 Å². The molecule has 0 radical (unpaired) electrons. The van der Waals surface area contributed by atoms with E-state index in [-0.39, 0.29) is 0 Å². The Bertz CT molecular complexity index is 511. The maximum absolute atomic E-state index is 6.33. The first-order chi connectivity index (χ1) is 9.26. The van der Waals surface area contributed by atoms with Crippen molar-refractivity contribution in [3.63, 3.8) is 0 Å². The molecule has 0 bridgehead atoms. The summed E-state index contributed by atoms with van der Waals surface area (Å²) in [5, 5.41) is 6.15. The third kappa shape index (κ3) is 3.50. The summed E-state index contributed by atoms with van der Waals surface area (Å²) < 4.78 is 0. The average Bonchev–Trinajstić information content (AvgIpc) is 2.92. The van der Waals surface area contributed by atoms with Crippen molar-refractivity contribution >= 4 is 28.6 Å². The van der Waals surface area contributed by atoms with E-state index in [0.717, 1.165) is 24.7 Å². The van der Waals surface area contributed by atoms with Crippen molar-refractivity contribution in [3.05, 3.63) is 51.2 Å². The highest BCUT2D eigenvalue weighted by Crippen LogP contribution is 2.29. The predicted octanol–water partition coefficient (Wildman–Crippen LogP) is 4.15. The molecule has 0 aliphatic carbocycles. The zero-order valence-electron chi connectivity index (χ0n) is 11.3. The fourth-order valence-electron chi connectivity index (χ4n) is 2.15. The molecule has 0 unspecified atom stereocenters. The molecular formula is C15H19ClN2S. The molecule has 0 spiro atoms. The second-order valence-corrected chi connectivity index (χ2v) is 5.80. The van der Waals surface area contributed by atoms with Crippen molar-refractivity contribution in [2.45, 2.75) is 20.0 Å². The van der Waals surface area contributed by atoms with E-state index >= 15 is 0 Å². The van der Waals surface area contributed by atoms with Crippen LogP contribution in [0, 0.1) is 0 Å². The number of thiophene rings is 1. The summed E-state index contributed by atoms with van der Waals surface area (Å²) in [6.07, 6.45) is 0. The summed E-state index contributed by atoms with van der Waals surface area (Å²) in [6, 6.07) is 10.4. The van der Waals surface area contributed by atoms with Crippen LogP contribution in [0.15, 0.2) is 35.7 Å². The summed E-state index contributed by atoms with van der Waals surface area (Å²) in [5.41, 5.74) is 2.39. The second-order valence-electron chi connectivity index (χ2n) is 4.36. The number of rotatable bonds is 6. The van der Waals surface area contributed by atoms with Gasteiger partial charge in [0.15, 0.2) is 0 Å². The van der Waals surface area contributed by atoms with Crippen molar-refractivity contribution in [1.29, 1.82) is 0 Å². The second kappa shape index (κ2) is 6.94. The van der Waals surface area contributed by atoms with E-state index < -0.39 is 0 Å². The lowest BCUT2D eigenvalue weighted by molar-refractivity contribution is 0.788. The molecule has 1 N–H and O–H groups in total. The van der Waals surface area contributed by atoms with Gasteiger partial charge < -0.3 is 10.2 Å². The van der Waals surface area contributed by atoms with Gasteiger partial charge in [-0.15, -0.1) is 11.3 Å². The molecular weight excluding hydrogens is 276 g/mol. The van der Waals surface area contributed by atoms with E-state index in [1.165, 1.54) is 16.1 Å². The van der Waals surface area contributed by atoms with Crippen molar-refractivity contribution in [2.24, 2.45) is 0 Å². The Kier molecular flexibility index (Phi) is 5.25. The molecule has 0 atom stereocenters. The highest BCUT2D eigenvalue weighted by Gasteiger charge is 2.12. The molecule has 19 heavy (non-hydrogen) atoms. The molecule has 102 valence electrons. The van der Waals surface area contributed by atoms with Crippen molar-refractivity contribution in [3.8, 4) is 0 Å². The van der Waals surface area contributed by atoms with Crippen LogP contribution in [0.5, 0.6) is 0 Å². The maximum Gasteiger partial charge on any atom is 0.0522 e. The normalized spacial score (nSPS) is 10.7. The first kappa shape index (κ1) is 14.4. The lowest BCUT2D eigenvalue weighted by Gasteiger charge is -2.26. The van der Waals surface area contributed by atoms with E-state index in [9.17, 15) is 0 Å². The number of anilines is 1. The van der Waals surface area contributed by atoms with Crippen LogP contribution in [0.2, 0.25) is 5.02 Å². The van der Waals surface area contributed by atoms with E-state index in [1.807, 2.05) is 19.2 Å². The molecule has 1 aromatic heterocycles. The van der Waals surface area contributed by atoms with Crippen molar-refractivity contribution in [2.75, 3.05) is 18.5 Å². The van der Waals surface area contributed by atoms with Crippen LogP contribution in [-0.2, 0) is 13.1 Å². The van der Waals surface area contributed by atoms with Gasteiger partial charge in [-0.3, -0.25) is 0 Å². The molecule has 0 saturated heterocycles. The summed E-state index contributed by atoms with van der Waals surface area (Å²) in [5.74, 6) is 0. The molecule has 2 aromatic rings. The van der Waals surface area contributed by atoms with E-state index in [4.69, 9.17) is 11.6 Å². The van der Waals surface area contributed by atoms with Gasteiger partial charge in [0.25, 0.3) is 0 Å². The third-order valence-electron chi connectivity index (χ3n) is 3.10. The molecule has 2 rings (SSSR count). The van der Waals surface area contributed by atoms with Crippen LogP contribution >= 0.6 is 22.9 Å². The van der Waals surface area contributed by atoms with Gasteiger partial charge in [-0.05, 0) is 37.6 Å². The molecule has 2 nitrogen and oxygen atoms in total. The zero-order valence-corrected chi connectivity index (χ0v) is 12.9. The highest BCUT2D eigenvalue weighted by molar-refractivity contribution is 7.09. The van der Waals surface area contributed by atoms with E-state index in [1.54, 1.807) is 11.3 Å². The summed E-state index contributed by atoms with van der Waals surface area (Å²) in [4.78, 5) is 3.74. The minimum Gasteiger partial charge on any atom is -0.366 e. The third-order valence-corrected chi connectivity index (χ3v) is 4.31. The largest absolute Gasteiger partial charge is 0.366 e. The molecule has 0 aliphatic heterocycles. The molecule has 1 heterocycles. The zero-order chi connectivity index (χ0) is 13.7. The molecule has 0 amide bonds. The fourth-order valence-corrected chi connectivity index (χ4v) is 3.11. The quantitative estimate of drug-likeness (QED) is 0.861. The monoisotopic (exact) mass is 294 g/mol. The number of nitrogens with one attached hydrogen (secondary N) is 1. The van der Waals surface area contributed by atoms with Crippen LogP contribution in [0.25, 0.3) is 0 Å². The smallest absolute Gasteiger partial charge is 0.0522 e. The Hall–Kier alpha value is -1.03. The van der Waals surface area contributed by atoms with Crippen molar-refractivity contribution in [1.82, 2.24) is 5.32 Å². The number of halogens is 1. The highest BCUT2D eigenvalue weighted by atomic mass is 35.5. The predicted molar refractivity (Wildman–Crippen MR) is 85.3 cm³/mol. The van der Waals surface area contributed by atoms with Gasteiger partial charge in [0.05, 0.1) is 6.54 Å². The number of nitrogens with zero attached hydrogens (tertiary/aromatic N) is 1. The summed E-state index contributed by atoms with van der Waals surface area (Å²) >= 11 is 8.12. The van der Waals surface area contributed by atoms with Gasteiger partial charge in [0.2, 0.25) is 0 Å². The van der Waals surface area contributed by atoms with Crippen LogP contribution in [-0.4, -0.2) is 13.6 Å². The Labute approximate surface area is 124 Å². The first-order valence-corrected chi connectivity index (χ1v) is 7.71. The standard InChI is InChI=1S/C15H19ClN2S/c1-3-18(11-12-6-5-9-19-12)15-8-4-7-14(16)13(15)10-17-2/h4-9,17H,3,10-11H2,1-2H3. The van der Waals surface area contributed by atoms with Gasteiger partial charge in [-0.2, -0.15) is 0 Å². The van der Waals surface area contributed by atoms with Crippen LogP contribution in [0.3, 0.4) is 0 Å². The van der Waals surface area contributed by atoms with Crippen molar-refractivity contribution < 1.29 is 0 Å². The minimum atomic E-state index is 0.788. The molecule has 1 aromatic carbocycles. The summed E-state index contributed by atoms with van der Waals surface area (Å²) in [6.45, 7) is 4.87. The Balaban J connectivity index is 2.29.